The van der Waals surface area contributed by atoms with Gasteiger partial charge in [0, 0.05) is 16.6 Å². The SMILES string of the molecule is C/C=C/c1ccc2ccc(C)nc2c1O. The fourth-order valence-corrected chi connectivity index (χ4v) is 1.60. The highest BCUT2D eigenvalue weighted by Crippen LogP contribution is 2.28. The quantitative estimate of drug-likeness (QED) is 0.764. The summed E-state index contributed by atoms with van der Waals surface area (Å²) in [7, 11) is 0. The lowest BCUT2D eigenvalue weighted by molar-refractivity contribution is 0.479. The van der Waals surface area contributed by atoms with E-state index in [2.05, 4.69) is 4.98 Å². The van der Waals surface area contributed by atoms with Gasteiger partial charge in [0.25, 0.3) is 0 Å². The number of hydrogen-bond donors (Lipinski definition) is 1. The molecule has 0 unspecified atom stereocenters. The third-order valence-corrected chi connectivity index (χ3v) is 2.35. The number of allylic oxidation sites excluding steroid dienone is 1. The van der Waals surface area contributed by atoms with Crippen LogP contribution in [0.3, 0.4) is 0 Å². The van der Waals surface area contributed by atoms with Gasteiger partial charge in [0.05, 0.1) is 0 Å². The predicted molar refractivity (Wildman–Crippen MR) is 62.9 cm³/mol. The van der Waals surface area contributed by atoms with Gasteiger partial charge in [-0.1, -0.05) is 30.4 Å². The van der Waals surface area contributed by atoms with Crippen molar-refractivity contribution in [1.29, 1.82) is 0 Å². The molecule has 0 spiro atoms. The fraction of sp³-hybridized carbons (Fsp3) is 0.154. The zero-order valence-corrected chi connectivity index (χ0v) is 8.86. The third-order valence-electron chi connectivity index (χ3n) is 2.35. The minimum Gasteiger partial charge on any atom is -0.505 e. The summed E-state index contributed by atoms with van der Waals surface area (Å²) in [5.74, 6) is 0.259. The van der Waals surface area contributed by atoms with Gasteiger partial charge in [-0.3, -0.25) is 0 Å². The summed E-state index contributed by atoms with van der Waals surface area (Å²) >= 11 is 0. The highest BCUT2D eigenvalue weighted by molar-refractivity contribution is 5.88. The number of nitrogens with zero attached hydrogens (tertiary/aromatic N) is 1. The van der Waals surface area contributed by atoms with E-state index in [4.69, 9.17) is 0 Å². The molecule has 76 valence electrons. The molecule has 1 N–H and O–H groups in total. The Bertz CT molecular complexity index is 529. The van der Waals surface area contributed by atoms with Crippen molar-refractivity contribution in [2.75, 3.05) is 0 Å². The summed E-state index contributed by atoms with van der Waals surface area (Å²) in [6.45, 7) is 3.84. The van der Waals surface area contributed by atoms with Gasteiger partial charge in [0.1, 0.15) is 11.3 Å². The van der Waals surface area contributed by atoms with Crippen molar-refractivity contribution in [3.8, 4) is 5.75 Å². The first-order valence-corrected chi connectivity index (χ1v) is 4.94. The third kappa shape index (κ3) is 1.71. The van der Waals surface area contributed by atoms with Crippen LogP contribution >= 0.6 is 0 Å². The molecule has 2 nitrogen and oxygen atoms in total. The number of aromatic hydroxyl groups is 1. The standard InChI is InChI=1S/C13H13NO/c1-3-4-11-8-7-10-6-5-9(2)14-12(10)13(11)15/h3-8,15H,1-2H3/b4-3+. The Morgan fingerprint density at radius 2 is 1.93 bits per heavy atom. The van der Waals surface area contributed by atoms with Crippen LogP contribution in [0.25, 0.3) is 17.0 Å². The van der Waals surface area contributed by atoms with E-state index in [0.717, 1.165) is 16.6 Å². The highest BCUT2D eigenvalue weighted by atomic mass is 16.3. The first-order valence-electron chi connectivity index (χ1n) is 4.94. The molecule has 1 aromatic heterocycles. The van der Waals surface area contributed by atoms with Crippen LogP contribution in [0.15, 0.2) is 30.3 Å². The van der Waals surface area contributed by atoms with Gasteiger partial charge in [-0.25, -0.2) is 4.98 Å². The van der Waals surface area contributed by atoms with Crippen molar-refractivity contribution in [3.05, 3.63) is 41.6 Å². The molecule has 0 aliphatic carbocycles. The van der Waals surface area contributed by atoms with Gasteiger partial charge < -0.3 is 5.11 Å². The maximum atomic E-state index is 9.99. The van der Waals surface area contributed by atoms with Crippen LogP contribution in [0.1, 0.15) is 18.2 Å². The normalized spacial score (nSPS) is 11.3. The number of benzene rings is 1. The minimum atomic E-state index is 0.259. The van der Waals surface area contributed by atoms with E-state index in [1.165, 1.54) is 0 Å². The van der Waals surface area contributed by atoms with Crippen LogP contribution in [0.2, 0.25) is 0 Å². The van der Waals surface area contributed by atoms with E-state index in [1.54, 1.807) is 0 Å². The van der Waals surface area contributed by atoms with E-state index < -0.39 is 0 Å². The number of aryl methyl sites for hydroxylation is 1. The Labute approximate surface area is 88.9 Å². The molecule has 0 aliphatic heterocycles. The van der Waals surface area contributed by atoms with E-state index >= 15 is 0 Å². The molecule has 0 aliphatic rings. The maximum Gasteiger partial charge on any atom is 0.149 e. The Morgan fingerprint density at radius 1 is 1.20 bits per heavy atom. The summed E-state index contributed by atoms with van der Waals surface area (Å²) in [6, 6.07) is 7.78. The second-order valence-corrected chi connectivity index (χ2v) is 3.53. The molecule has 0 saturated heterocycles. The van der Waals surface area contributed by atoms with Crippen molar-refractivity contribution < 1.29 is 5.11 Å². The fourth-order valence-electron chi connectivity index (χ4n) is 1.60. The van der Waals surface area contributed by atoms with E-state index in [0.29, 0.717) is 5.52 Å². The van der Waals surface area contributed by atoms with Gasteiger partial charge in [0.15, 0.2) is 0 Å². The Morgan fingerprint density at radius 3 is 2.67 bits per heavy atom. The zero-order chi connectivity index (χ0) is 10.8. The molecular formula is C13H13NO. The molecule has 0 atom stereocenters. The topological polar surface area (TPSA) is 33.1 Å². The van der Waals surface area contributed by atoms with Gasteiger partial charge in [0.2, 0.25) is 0 Å². The molecule has 0 amide bonds. The van der Waals surface area contributed by atoms with Crippen molar-refractivity contribution in [2.45, 2.75) is 13.8 Å². The first kappa shape index (κ1) is 9.71. The Hall–Kier alpha value is -1.83. The Kier molecular flexibility index (Phi) is 2.42. The molecule has 15 heavy (non-hydrogen) atoms. The van der Waals surface area contributed by atoms with Crippen molar-refractivity contribution in [2.24, 2.45) is 0 Å². The second kappa shape index (κ2) is 3.73. The number of fused-ring (bicyclic) bond motifs is 1. The summed E-state index contributed by atoms with van der Waals surface area (Å²) in [5.41, 5.74) is 2.39. The number of phenolic OH excluding ortho intramolecular Hbond substituents is 1. The van der Waals surface area contributed by atoms with Crippen molar-refractivity contribution in [3.63, 3.8) is 0 Å². The number of pyridine rings is 1. The predicted octanol–water partition coefficient (Wildman–Crippen LogP) is 3.28. The van der Waals surface area contributed by atoms with Crippen LogP contribution in [-0.4, -0.2) is 10.1 Å². The van der Waals surface area contributed by atoms with E-state index in [9.17, 15) is 5.11 Å². The lowest BCUT2D eigenvalue weighted by atomic mass is 10.1. The van der Waals surface area contributed by atoms with Crippen LogP contribution in [0.4, 0.5) is 0 Å². The Balaban J connectivity index is 2.76. The van der Waals surface area contributed by atoms with Gasteiger partial charge in [-0.2, -0.15) is 0 Å². The lowest BCUT2D eigenvalue weighted by Crippen LogP contribution is -1.85. The monoisotopic (exact) mass is 199 g/mol. The number of aromatic nitrogens is 1. The zero-order valence-electron chi connectivity index (χ0n) is 8.86. The smallest absolute Gasteiger partial charge is 0.149 e. The average molecular weight is 199 g/mol. The van der Waals surface area contributed by atoms with E-state index in [1.807, 2.05) is 50.3 Å². The molecular weight excluding hydrogens is 186 g/mol. The van der Waals surface area contributed by atoms with E-state index in [-0.39, 0.29) is 5.75 Å². The molecule has 0 fully saturated rings. The molecule has 2 aromatic rings. The number of hydrogen-bond acceptors (Lipinski definition) is 2. The lowest BCUT2D eigenvalue weighted by Gasteiger charge is -2.04. The molecule has 1 heterocycles. The number of phenols is 1. The largest absolute Gasteiger partial charge is 0.505 e. The van der Waals surface area contributed by atoms with Gasteiger partial charge in [-0.15, -0.1) is 0 Å². The second-order valence-electron chi connectivity index (χ2n) is 3.53. The van der Waals surface area contributed by atoms with Gasteiger partial charge >= 0.3 is 0 Å². The summed E-state index contributed by atoms with van der Waals surface area (Å²) in [6.07, 6.45) is 3.77. The molecule has 0 bridgehead atoms. The molecule has 1 aromatic carbocycles. The molecule has 2 rings (SSSR count). The van der Waals surface area contributed by atoms with Crippen LogP contribution in [-0.2, 0) is 0 Å². The van der Waals surface area contributed by atoms with Crippen molar-refractivity contribution >= 4 is 17.0 Å². The maximum absolute atomic E-state index is 9.99. The van der Waals surface area contributed by atoms with Crippen LogP contribution < -0.4 is 0 Å². The van der Waals surface area contributed by atoms with Crippen LogP contribution in [0, 0.1) is 6.92 Å². The van der Waals surface area contributed by atoms with Crippen molar-refractivity contribution in [1.82, 2.24) is 4.98 Å². The summed E-state index contributed by atoms with van der Waals surface area (Å²) in [5, 5.41) is 11.0. The number of rotatable bonds is 1. The minimum absolute atomic E-state index is 0.259. The summed E-state index contributed by atoms with van der Waals surface area (Å²) < 4.78 is 0. The first-order chi connectivity index (χ1) is 7.22. The molecule has 0 saturated carbocycles. The molecule has 0 radical (unpaired) electrons. The van der Waals surface area contributed by atoms with Crippen LogP contribution in [0.5, 0.6) is 5.75 Å². The summed E-state index contributed by atoms with van der Waals surface area (Å²) in [4.78, 5) is 4.33. The highest BCUT2D eigenvalue weighted by Gasteiger charge is 2.05. The molecule has 2 heteroatoms. The average Bonchev–Trinajstić information content (AvgIpc) is 2.23. The van der Waals surface area contributed by atoms with Gasteiger partial charge in [-0.05, 0) is 19.9 Å².